The van der Waals surface area contributed by atoms with E-state index in [1.54, 1.807) is 4.90 Å². The lowest BCUT2D eigenvalue weighted by molar-refractivity contribution is -0.133. The first-order valence-electron chi connectivity index (χ1n) is 11.9. The molecule has 2 aliphatic rings. The molecule has 3 amide bonds. The summed E-state index contributed by atoms with van der Waals surface area (Å²) in [4.78, 5) is 43.3. The summed E-state index contributed by atoms with van der Waals surface area (Å²) >= 11 is 0. The third-order valence-corrected chi connectivity index (χ3v) is 6.05. The molecule has 8 heteroatoms. The van der Waals surface area contributed by atoms with Gasteiger partial charge in [-0.15, -0.1) is 0 Å². The first kappa shape index (κ1) is 25.0. The number of para-hydroxylation sites is 1. The second-order valence-corrected chi connectivity index (χ2v) is 10.1. The van der Waals surface area contributed by atoms with Crippen LogP contribution in [0.4, 0.5) is 10.5 Å². The number of hydrogen-bond donors (Lipinski definition) is 1. The van der Waals surface area contributed by atoms with E-state index in [9.17, 15) is 14.4 Å². The minimum atomic E-state index is -0.527. The van der Waals surface area contributed by atoms with E-state index in [2.05, 4.69) is 10.2 Å². The molecule has 182 valence electrons. The van der Waals surface area contributed by atoms with Crippen LogP contribution in [-0.2, 0) is 14.3 Å². The zero-order chi connectivity index (χ0) is 24.2. The van der Waals surface area contributed by atoms with Crippen LogP contribution in [0.5, 0.6) is 0 Å². The highest BCUT2D eigenvalue weighted by molar-refractivity contribution is 5.93. The molecule has 1 N–H and O–H groups in total. The normalized spacial score (nSPS) is 16.7. The van der Waals surface area contributed by atoms with Crippen molar-refractivity contribution in [2.75, 3.05) is 44.6 Å². The molecule has 0 bridgehead atoms. The third-order valence-electron chi connectivity index (χ3n) is 6.05. The molecule has 2 fully saturated rings. The smallest absolute Gasteiger partial charge is 0.410 e. The summed E-state index contributed by atoms with van der Waals surface area (Å²) in [5.41, 5.74) is 2.43. The summed E-state index contributed by atoms with van der Waals surface area (Å²) < 4.78 is 5.42. The van der Waals surface area contributed by atoms with Crippen LogP contribution in [0, 0.1) is 13.8 Å². The molecule has 0 radical (unpaired) electrons. The highest BCUT2D eigenvalue weighted by Gasteiger charge is 2.32. The van der Waals surface area contributed by atoms with Gasteiger partial charge in [-0.25, -0.2) is 4.79 Å². The second kappa shape index (κ2) is 10.5. The van der Waals surface area contributed by atoms with Gasteiger partial charge in [-0.05, 0) is 58.6 Å². The number of anilines is 1. The molecule has 1 aliphatic carbocycles. The Kier molecular flexibility index (Phi) is 8.00. The predicted octanol–water partition coefficient (Wildman–Crippen LogP) is 3.18. The van der Waals surface area contributed by atoms with E-state index in [1.165, 1.54) is 0 Å². The Bertz CT molecular complexity index is 847. The van der Waals surface area contributed by atoms with Crippen molar-refractivity contribution in [1.82, 2.24) is 14.7 Å². The maximum atomic E-state index is 12.8. The van der Waals surface area contributed by atoms with Gasteiger partial charge < -0.3 is 19.9 Å². The lowest BCUT2D eigenvalue weighted by Gasteiger charge is -2.36. The second-order valence-electron chi connectivity index (χ2n) is 10.1. The third kappa shape index (κ3) is 7.45. The van der Waals surface area contributed by atoms with Crippen LogP contribution < -0.4 is 5.32 Å². The lowest BCUT2D eigenvalue weighted by Crippen LogP contribution is -2.52. The van der Waals surface area contributed by atoms with Gasteiger partial charge in [-0.2, -0.15) is 0 Å². The van der Waals surface area contributed by atoms with Crippen LogP contribution in [-0.4, -0.2) is 83.5 Å². The molecule has 1 aromatic carbocycles. The summed E-state index contributed by atoms with van der Waals surface area (Å²) in [6.07, 6.45) is 2.18. The van der Waals surface area contributed by atoms with Crippen molar-refractivity contribution in [1.29, 1.82) is 0 Å². The van der Waals surface area contributed by atoms with Crippen molar-refractivity contribution in [2.24, 2.45) is 0 Å². The lowest BCUT2D eigenvalue weighted by atomic mass is 10.1. The number of amides is 3. The van der Waals surface area contributed by atoms with Crippen molar-refractivity contribution in [3.63, 3.8) is 0 Å². The van der Waals surface area contributed by atoms with Crippen LogP contribution >= 0.6 is 0 Å². The molecule has 3 rings (SSSR count). The molecule has 0 unspecified atom stereocenters. The first-order valence-corrected chi connectivity index (χ1v) is 11.9. The summed E-state index contributed by atoms with van der Waals surface area (Å²) in [6, 6.07) is 6.34. The fraction of sp³-hybridized carbons (Fsp3) is 0.640. The Morgan fingerprint density at radius 3 is 2.15 bits per heavy atom. The molecule has 8 nitrogen and oxygen atoms in total. The minimum Gasteiger partial charge on any atom is -0.444 e. The molecule has 0 atom stereocenters. The summed E-state index contributed by atoms with van der Waals surface area (Å²) in [5, 5.41) is 3.05. The average Bonchev–Trinajstić information content (AvgIpc) is 3.58. The Morgan fingerprint density at radius 1 is 1.03 bits per heavy atom. The number of hydrogen-bond acceptors (Lipinski definition) is 5. The summed E-state index contributed by atoms with van der Waals surface area (Å²) in [5.74, 6) is 0.0253. The number of rotatable bonds is 7. The van der Waals surface area contributed by atoms with Gasteiger partial charge in [0.2, 0.25) is 11.8 Å². The standard InChI is InChI=1S/C25H38N4O4/c1-18-7-6-8-19(2)23(18)26-21(30)17-29(20-9-10-20)12-11-22(31)27-13-15-28(16-14-27)24(32)33-25(3,4)5/h6-8,20H,9-17H2,1-5H3,(H,26,30). The van der Waals surface area contributed by atoms with Crippen molar-refractivity contribution in [2.45, 2.75) is 65.5 Å². The fourth-order valence-electron chi connectivity index (χ4n) is 4.07. The Labute approximate surface area is 197 Å². The van der Waals surface area contributed by atoms with E-state index in [4.69, 9.17) is 4.74 Å². The van der Waals surface area contributed by atoms with E-state index < -0.39 is 5.60 Å². The van der Waals surface area contributed by atoms with E-state index in [1.807, 2.05) is 57.7 Å². The van der Waals surface area contributed by atoms with Crippen molar-refractivity contribution in [3.05, 3.63) is 29.3 Å². The highest BCUT2D eigenvalue weighted by atomic mass is 16.6. The Hall–Kier alpha value is -2.61. The maximum absolute atomic E-state index is 12.8. The van der Waals surface area contributed by atoms with Crippen LogP contribution in [0.15, 0.2) is 18.2 Å². The molecule has 1 saturated carbocycles. The van der Waals surface area contributed by atoms with Gasteiger partial charge in [0.15, 0.2) is 0 Å². The van der Waals surface area contributed by atoms with Crippen LogP contribution in [0.25, 0.3) is 0 Å². The zero-order valence-corrected chi connectivity index (χ0v) is 20.6. The molecule has 0 spiro atoms. The number of aryl methyl sites for hydroxylation is 2. The SMILES string of the molecule is Cc1cccc(C)c1NC(=O)CN(CCC(=O)N1CCN(C(=O)OC(C)(C)C)CC1)C1CC1. The molecule has 1 saturated heterocycles. The van der Waals surface area contributed by atoms with Crippen molar-refractivity contribution < 1.29 is 19.1 Å². The van der Waals surface area contributed by atoms with E-state index in [0.717, 1.165) is 29.7 Å². The number of carbonyl (C=O) groups is 3. The van der Waals surface area contributed by atoms with Gasteiger partial charge in [0.25, 0.3) is 0 Å². The largest absolute Gasteiger partial charge is 0.444 e. The van der Waals surface area contributed by atoms with E-state index in [0.29, 0.717) is 45.2 Å². The molecular weight excluding hydrogens is 420 g/mol. The first-order chi connectivity index (χ1) is 15.5. The molecule has 0 aromatic heterocycles. The predicted molar refractivity (Wildman–Crippen MR) is 128 cm³/mol. The summed E-state index contributed by atoms with van der Waals surface area (Å²) in [6.45, 7) is 12.3. The van der Waals surface area contributed by atoms with Gasteiger partial charge in [0, 0.05) is 50.9 Å². The van der Waals surface area contributed by atoms with Crippen molar-refractivity contribution >= 4 is 23.6 Å². The minimum absolute atomic E-state index is 0.0438. The van der Waals surface area contributed by atoms with Gasteiger partial charge in [-0.3, -0.25) is 14.5 Å². The average molecular weight is 459 g/mol. The maximum Gasteiger partial charge on any atom is 0.410 e. The summed E-state index contributed by atoms with van der Waals surface area (Å²) in [7, 11) is 0. The highest BCUT2D eigenvalue weighted by Crippen LogP contribution is 2.27. The van der Waals surface area contributed by atoms with Gasteiger partial charge >= 0.3 is 6.09 Å². The molecule has 1 aromatic rings. The van der Waals surface area contributed by atoms with Crippen LogP contribution in [0.2, 0.25) is 0 Å². The Morgan fingerprint density at radius 2 is 1.61 bits per heavy atom. The molecule has 1 heterocycles. The number of piperazine rings is 1. The monoisotopic (exact) mass is 458 g/mol. The Balaban J connectivity index is 1.45. The number of nitrogens with zero attached hydrogens (tertiary/aromatic N) is 3. The van der Waals surface area contributed by atoms with Crippen LogP contribution in [0.3, 0.4) is 0 Å². The number of nitrogens with one attached hydrogen (secondary N) is 1. The van der Waals surface area contributed by atoms with E-state index in [-0.39, 0.29) is 24.5 Å². The number of carbonyl (C=O) groups excluding carboxylic acids is 3. The van der Waals surface area contributed by atoms with Gasteiger partial charge in [0.1, 0.15) is 5.60 Å². The molecular formula is C25H38N4O4. The number of benzene rings is 1. The van der Waals surface area contributed by atoms with Crippen molar-refractivity contribution in [3.8, 4) is 0 Å². The van der Waals surface area contributed by atoms with E-state index >= 15 is 0 Å². The zero-order valence-electron chi connectivity index (χ0n) is 20.6. The molecule has 1 aliphatic heterocycles. The topological polar surface area (TPSA) is 82.2 Å². The molecule has 33 heavy (non-hydrogen) atoms. The van der Waals surface area contributed by atoms with Gasteiger partial charge in [0.05, 0.1) is 6.54 Å². The van der Waals surface area contributed by atoms with Crippen LogP contribution in [0.1, 0.15) is 51.2 Å². The number of ether oxygens (including phenoxy) is 1. The quantitative estimate of drug-likeness (QED) is 0.679. The van der Waals surface area contributed by atoms with Gasteiger partial charge in [-0.1, -0.05) is 18.2 Å². The fourth-order valence-corrected chi connectivity index (χ4v) is 4.07.